The number of rotatable bonds is 51. The molecule has 0 aromatic heterocycles. The van der Waals surface area contributed by atoms with Gasteiger partial charge in [-0.25, -0.2) is 0 Å². The molecule has 3 saturated heterocycles. The molecule has 494 valence electrons. The standard InChI is InChI=1S/C65H121NO18/c1-3-5-7-9-11-13-15-17-19-20-21-22-23-24-25-26-27-29-30-32-34-36-38-40-42-49(70)48(66-53(71)43-41-39-37-35-33-31-28-18-16-14-12-10-8-6-4-2)47-79-63-59(77)56(74)61(51(45-68)81-63)84-65-60(78)57(75)62(52(46-69)82-65)83-64-58(76)55(73)54(72)50(44-67)80-64/h12,14,18,28,48-52,54-65,67-70,72-78H,3-11,13,15-17,19-27,29-47H2,1-2H3,(H,66,71)/b14-12-,28-18-. The highest BCUT2D eigenvalue weighted by Gasteiger charge is 2.53. The number of hydrogen-bond acceptors (Lipinski definition) is 18. The largest absolute Gasteiger partial charge is 0.394 e. The first-order valence-electron chi connectivity index (χ1n) is 33.6. The Hall–Kier alpha value is -1.73. The van der Waals surface area contributed by atoms with Gasteiger partial charge in [-0.15, -0.1) is 0 Å². The number of carbonyl (C=O) groups excluding carboxylic acids is 1. The summed E-state index contributed by atoms with van der Waals surface area (Å²) in [6, 6.07) is -0.893. The Morgan fingerprint density at radius 3 is 1.24 bits per heavy atom. The average molecular weight is 1200 g/mol. The second-order valence-corrected chi connectivity index (χ2v) is 24.3. The van der Waals surface area contributed by atoms with Gasteiger partial charge >= 0.3 is 0 Å². The summed E-state index contributed by atoms with van der Waals surface area (Å²) in [5.74, 6) is -0.255. The van der Waals surface area contributed by atoms with E-state index in [1.807, 2.05) is 0 Å². The van der Waals surface area contributed by atoms with E-state index in [2.05, 4.69) is 43.5 Å². The molecule has 0 aliphatic carbocycles. The van der Waals surface area contributed by atoms with E-state index in [1.54, 1.807) is 0 Å². The molecule has 84 heavy (non-hydrogen) atoms. The van der Waals surface area contributed by atoms with E-state index in [4.69, 9.17) is 28.4 Å². The van der Waals surface area contributed by atoms with E-state index in [0.29, 0.717) is 12.8 Å². The van der Waals surface area contributed by atoms with Crippen LogP contribution in [0.25, 0.3) is 0 Å². The SMILES string of the molecule is CCCCC/C=C\C/C=C\CCCCCCCC(=O)NC(COC1OC(CO)C(OC2OC(CO)C(OC3OC(CO)C(O)C(O)C3O)C(O)C2O)C(O)C1O)C(O)CCCCCCCCCCCCCCCCCCCCCCCCCC. The number of aliphatic hydroxyl groups excluding tert-OH is 11. The van der Waals surface area contributed by atoms with Gasteiger partial charge in [-0.05, 0) is 44.9 Å². The Morgan fingerprint density at radius 2 is 0.786 bits per heavy atom. The van der Waals surface area contributed by atoms with E-state index >= 15 is 0 Å². The minimum atomic E-state index is -1.97. The van der Waals surface area contributed by atoms with Crippen molar-refractivity contribution in [3.05, 3.63) is 24.3 Å². The summed E-state index contributed by atoms with van der Waals surface area (Å²) in [7, 11) is 0. The van der Waals surface area contributed by atoms with Gasteiger partial charge in [0.15, 0.2) is 18.9 Å². The van der Waals surface area contributed by atoms with E-state index < -0.39 is 124 Å². The van der Waals surface area contributed by atoms with Crippen molar-refractivity contribution in [2.75, 3.05) is 26.4 Å². The van der Waals surface area contributed by atoms with Gasteiger partial charge in [0.25, 0.3) is 0 Å². The van der Waals surface area contributed by atoms with Gasteiger partial charge < -0.3 is 89.9 Å². The molecule has 12 N–H and O–H groups in total. The first kappa shape index (κ1) is 76.5. The van der Waals surface area contributed by atoms with Crippen LogP contribution in [0.5, 0.6) is 0 Å². The number of amides is 1. The van der Waals surface area contributed by atoms with Gasteiger partial charge in [0.2, 0.25) is 5.91 Å². The number of allylic oxidation sites excluding steroid dienone is 4. The molecule has 3 aliphatic heterocycles. The molecule has 17 unspecified atom stereocenters. The summed E-state index contributed by atoms with van der Waals surface area (Å²) in [5.41, 5.74) is 0. The van der Waals surface area contributed by atoms with Crippen molar-refractivity contribution in [2.45, 2.75) is 356 Å². The summed E-state index contributed by atoms with van der Waals surface area (Å²) < 4.78 is 34.4. The molecule has 3 rings (SSSR count). The number of aliphatic hydroxyl groups is 11. The van der Waals surface area contributed by atoms with Crippen LogP contribution in [-0.2, 0) is 33.2 Å². The molecule has 0 bridgehead atoms. The maximum Gasteiger partial charge on any atom is 0.220 e. The second-order valence-electron chi connectivity index (χ2n) is 24.3. The van der Waals surface area contributed by atoms with Crippen LogP contribution in [0.15, 0.2) is 24.3 Å². The van der Waals surface area contributed by atoms with Crippen molar-refractivity contribution in [1.29, 1.82) is 0 Å². The molecule has 1 amide bonds. The summed E-state index contributed by atoms with van der Waals surface area (Å²) in [4.78, 5) is 13.4. The third-order valence-corrected chi connectivity index (χ3v) is 17.0. The predicted octanol–water partition coefficient (Wildman–Crippen LogP) is 7.88. The Bertz CT molecular complexity index is 1630. The van der Waals surface area contributed by atoms with Gasteiger partial charge in [0.1, 0.15) is 73.2 Å². The van der Waals surface area contributed by atoms with Gasteiger partial charge in [0.05, 0.1) is 38.6 Å². The normalized spacial score (nSPS) is 29.3. The van der Waals surface area contributed by atoms with E-state index in [9.17, 15) is 61.0 Å². The van der Waals surface area contributed by atoms with E-state index in [1.165, 1.54) is 148 Å². The van der Waals surface area contributed by atoms with Crippen molar-refractivity contribution < 1.29 is 89.4 Å². The van der Waals surface area contributed by atoms with Crippen LogP contribution in [0, 0.1) is 0 Å². The molecule has 0 saturated carbocycles. The summed E-state index contributed by atoms with van der Waals surface area (Å²) in [6.07, 6.45) is 25.4. The van der Waals surface area contributed by atoms with Crippen LogP contribution < -0.4 is 5.32 Å². The van der Waals surface area contributed by atoms with Crippen LogP contribution in [-0.4, -0.2) is 193 Å². The zero-order valence-electron chi connectivity index (χ0n) is 51.9. The van der Waals surface area contributed by atoms with Crippen molar-refractivity contribution in [3.8, 4) is 0 Å². The van der Waals surface area contributed by atoms with Crippen molar-refractivity contribution in [3.63, 3.8) is 0 Å². The van der Waals surface area contributed by atoms with Crippen LogP contribution in [0.1, 0.15) is 251 Å². The minimum absolute atomic E-state index is 0.252. The summed E-state index contributed by atoms with van der Waals surface area (Å²) >= 11 is 0. The van der Waals surface area contributed by atoms with Crippen LogP contribution in [0.3, 0.4) is 0 Å². The number of hydrogen-bond donors (Lipinski definition) is 12. The van der Waals surface area contributed by atoms with Gasteiger partial charge in [-0.1, -0.05) is 224 Å². The predicted molar refractivity (Wildman–Crippen MR) is 323 cm³/mol. The lowest BCUT2D eigenvalue weighted by Crippen LogP contribution is -2.66. The molecule has 19 nitrogen and oxygen atoms in total. The van der Waals surface area contributed by atoms with Gasteiger partial charge in [-0.2, -0.15) is 0 Å². The molecular weight excluding hydrogens is 1080 g/mol. The fourth-order valence-corrected chi connectivity index (χ4v) is 11.5. The second kappa shape index (κ2) is 48.2. The first-order chi connectivity index (χ1) is 40.8. The Kier molecular flexibility index (Phi) is 43.9. The lowest BCUT2D eigenvalue weighted by Gasteiger charge is -2.48. The Morgan fingerprint density at radius 1 is 0.429 bits per heavy atom. The Balaban J connectivity index is 1.44. The summed E-state index contributed by atoms with van der Waals surface area (Å²) in [6.45, 7) is 1.78. The fourth-order valence-electron chi connectivity index (χ4n) is 11.5. The molecular formula is C65H121NO18. The fraction of sp³-hybridized carbons (Fsp3) is 0.923. The molecule has 0 aromatic rings. The average Bonchev–Trinajstić information content (AvgIpc) is 2.81. The molecule has 3 aliphatic rings. The van der Waals surface area contributed by atoms with Crippen molar-refractivity contribution in [2.24, 2.45) is 0 Å². The zero-order valence-corrected chi connectivity index (χ0v) is 51.9. The van der Waals surface area contributed by atoms with Gasteiger partial charge in [0, 0.05) is 6.42 Å². The smallest absolute Gasteiger partial charge is 0.220 e. The lowest BCUT2D eigenvalue weighted by atomic mass is 9.96. The molecule has 0 radical (unpaired) electrons. The third kappa shape index (κ3) is 30.7. The molecule has 3 heterocycles. The van der Waals surface area contributed by atoms with Gasteiger partial charge in [-0.3, -0.25) is 4.79 Å². The topological polar surface area (TPSA) is 307 Å². The monoisotopic (exact) mass is 1200 g/mol. The highest BCUT2D eigenvalue weighted by molar-refractivity contribution is 5.76. The highest BCUT2D eigenvalue weighted by atomic mass is 16.8. The molecule has 0 aromatic carbocycles. The maximum atomic E-state index is 13.4. The lowest BCUT2D eigenvalue weighted by molar-refractivity contribution is -0.379. The summed E-state index contributed by atoms with van der Waals surface area (Å²) in [5, 5.41) is 121. The molecule has 0 spiro atoms. The number of nitrogens with one attached hydrogen (secondary N) is 1. The number of carbonyl (C=O) groups is 1. The van der Waals surface area contributed by atoms with Crippen molar-refractivity contribution in [1.82, 2.24) is 5.32 Å². The molecule has 17 atom stereocenters. The third-order valence-electron chi connectivity index (χ3n) is 17.0. The first-order valence-corrected chi connectivity index (χ1v) is 33.6. The molecule has 19 heteroatoms. The minimum Gasteiger partial charge on any atom is -0.394 e. The quantitative estimate of drug-likeness (QED) is 0.0204. The van der Waals surface area contributed by atoms with E-state index in [0.717, 1.165) is 70.6 Å². The van der Waals surface area contributed by atoms with E-state index in [-0.39, 0.29) is 18.9 Å². The highest BCUT2D eigenvalue weighted by Crippen LogP contribution is 2.33. The van der Waals surface area contributed by atoms with Crippen LogP contribution in [0.2, 0.25) is 0 Å². The maximum absolute atomic E-state index is 13.4. The Labute approximate surface area is 505 Å². The van der Waals surface area contributed by atoms with Crippen LogP contribution in [0.4, 0.5) is 0 Å². The zero-order chi connectivity index (χ0) is 61.2. The number of unbranched alkanes of at least 4 members (excludes halogenated alkanes) is 31. The van der Waals surface area contributed by atoms with Crippen LogP contribution >= 0.6 is 0 Å². The number of ether oxygens (including phenoxy) is 6. The van der Waals surface area contributed by atoms with Crippen molar-refractivity contribution >= 4 is 5.91 Å². The molecule has 3 fully saturated rings.